The lowest BCUT2D eigenvalue weighted by molar-refractivity contribution is 0.214. The van der Waals surface area contributed by atoms with Crippen LogP contribution in [0.25, 0.3) is 0 Å². The van der Waals surface area contributed by atoms with Gasteiger partial charge in [0.2, 0.25) is 0 Å². The first kappa shape index (κ1) is 16.6. The highest BCUT2D eigenvalue weighted by Crippen LogP contribution is 2.30. The van der Waals surface area contributed by atoms with Gasteiger partial charge >= 0.3 is 0 Å². The minimum atomic E-state index is 0.797. The Labute approximate surface area is 130 Å². The van der Waals surface area contributed by atoms with E-state index < -0.39 is 0 Å². The summed E-state index contributed by atoms with van der Waals surface area (Å²) in [6.07, 6.45) is 16.4. The van der Waals surface area contributed by atoms with Gasteiger partial charge in [0.05, 0.1) is 0 Å². The molecule has 2 rings (SSSR count). The van der Waals surface area contributed by atoms with E-state index in [1.807, 2.05) is 11.8 Å². The fraction of sp³-hybridized carbons (Fsp3) is 1.00. The molecule has 2 N–H and O–H groups in total. The molecule has 1 aliphatic carbocycles. The highest BCUT2D eigenvalue weighted by molar-refractivity contribution is 7.98. The summed E-state index contributed by atoms with van der Waals surface area (Å²) in [5, 5.41) is 7.63. The lowest BCUT2D eigenvalue weighted by atomic mass is 9.79. The topological polar surface area (TPSA) is 24.1 Å². The Kier molecular flexibility index (Phi) is 8.38. The highest BCUT2D eigenvalue weighted by Gasteiger charge is 2.32. The second-order valence-electron chi connectivity index (χ2n) is 6.62. The molecule has 1 heterocycles. The van der Waals surface area contributed by atoms with Crippen LogP contribution in [0, 0.1) is 5.92 Å². The molecule has 0 spiro atoms. The first-order valence-corrected chi connectivity index (χ1v) is 10.3. The minimum Gasteiger partial charge on any atom is -0.314 e. The summed E-state index contributed by atoms with van der Waals surface area (Å²) in [7, 11) is 0. The Bertz CT molecular complexity index is 241. The van der Waals surface area contributed by atoms with Gasteiger partial charge < -0.3 is 10.6 Å². The maximum Gasteiger partial charge on any atom is 0.0111 e. The van der Waals surface area contributed by atoms with Gasteiger partial charge in [0.1, 0.15) is 0 Å². The number of rotatable bonds is 9. The number of nitrogens with one attached hydrogen (secondary N) is 2. The molecule has 0 aromatic rings. The number of hydrogen-bond donors (Lipinski definition) is 2. The molecule has 118 valence electrons. The molecule has 20 heavy (non-hydrogen) atoms. The van der Waals surface area contributed by atoms with Crippen molar-refractivity contribution in [1.82, 2.24) is 10.6 Å². The maximum absolute atomic E-state index is 3.89. The fourth-order valence-electron chi connectivity index (χ4n) is 3.98. The molecule has 0 aromatic heterocycles. The Morgan fingerprint density at radius 1 is 1.00 bits per heavy atom. The van der Waals surface area contributed by atoms with Crippen LogP contribution in [0.3, 0.4) is 0 Å². The molecular formula is C17H34N2S. The largest absolute Gasteiger partial charge is 0.314 e. The molecule has 3 unspecified atom stereocenters. The quantitative estimate of drug-likeness (QED) is 0.633. The smallest absolute Gasteiger partial charge is 0.0111 e. The van der Waals surface area contributed by atoms with Crippen molar-refractivity contribution in [2.24, 2.45) is 5.92 Å². The van der Waals surface area contributed by atoms with Gasteiger partial charge in [-0.1, -0.05) is 25.7 Å². The second-order valence-corrected chi connectivity index (χ2v) is 7.60. The predicted octanol–water partition coefficient (Wildman–Crippen LogP) is 3.81. The molecule has 3 heteroatoms. The average molecular weight is 299 g/mol. The first-order valence-electron chi connectivity index (χ1n) is 8.87. The van der Waals surface area contributed by atoms with E-state index in [0.717, 1.165) is 18.0 Å². The Morgan fingerprint density at radius 2 is 1.85 bits per heavy atom. The third-order valence-corrected chi connectivity index (χ3v) is 5.81. The number of unbranched alkanes of at least 4 members (excludes halogenated alkanes) is 3. The van der Waals surface area contributed by atoms with Crippen LogP contribution in [-0.4, -0.2) is 37.2 Å². The summed E-state index contributed by atoms with van der Waals surface area (Å²) >= 11 is 1.98. The van der Waals surface area contributed by atoms with E-state index in [1.165, 1.54) is 83.1 Å². The second kappa shape index (κ2) is 10.1. The summed E-state index contributed by atoms with van der Waals surface area (Å²) in [4.78, 5) is 0. The summed E-state index contributed by atoms with van der Waals surface area (Å²) < 4.78 is 0. The van der Waals surface area contributed by atoms with Crippen LogP contribution >= 0.6 is 11.8 Å². The van der Waals surface area contributed by atoms with Crippen molar-refractivity contribution in [2.75, 3.05) is 25.1 Å². The first-order chi connectivity index (χ1) is 9.92. The zero-order valence-corrected chi connectivity index (χ0v) is 14.1. The van der Waals surface area contributed by atoms with E-state index in [4.69, 9.17) is 0 Å². The Morgan fingerprint density at radius 3 is 2.65 bits per heavy atom. The van der Waals surface area contributed by atoms with Crippen molar-refractivity contribution >= 4 is 11.8 Å². The van der Waals surface area contributed by atoms with Gasteiger partial charge in [0.15, 0.2) is 0 Å². The van der Waals surface area contributed by atoms with Gasteiger partial charge in [0.25, 0.3) is 0 Å². The van der Waals surface area contributed by atoms with E-state index in [2.05, 4.69) is 16.9 Å². The SMILES string of the molecule is CSCCCCCCNC1CCCCC1C1CCCN1. The van der Waals surface area contributed by atoms with Crippen molar-refractivity contribution in [3.05, 3.63) is 0 Å². The van der Waals surface area contributed by atoms with Gasteiger partial charge in [-0.05, 0) is 69.5 Å². The van der Waals surface area contributed by atoms with Crippen molar-refractivity contribution in [2.45, 2.75) is 76.3 Å². The molecule has 3 atom stereocenters. The van der Waals surface area contributed by atoms with Gasteiger partial charge in [-0.15, -0.1) is 0 Å². The molecule has 0 amide bonds. The third-order valence-electron chi connectivity index (χ3n) is 5.12. The molecule has 1 saturated heterocycles. The van der Waals surface area contributed by atoms with E-state index in [0.29, 0.717) is 0 Å². The maximum atomic E-state index is 3.89. The Balaban J connectivity index is 1.59. The molecule has 0 bridgehead atoms. The van der Waals surface area contributed by atoms with Crippen molar-refractivity contribution in [1.29, 1.82) is 0 Å². The number of hydrogen-bond acceptors (Lipinski definition) is 3. The van der Waals surface area contributed by atoms with Crippen LogP contribution in [0.15, 0.2) is 0 Å². The van der Waals surface area contributed by atoms with Gasteiger partial charge in [0, 0.05) is 12.1 Å². The van der Waals surface area contributed by atoms with Crippen LogP contribution in [0.5, 0.6) is 0 Å². The lowest BCUT2D eigenvalue weighted by Gasteiger charge is -2.36. The average Bonchev–Trinajstić information content (AvgIpc) is 3.01. The lowest BCUT2D eigenvalue weighted by Crippen LogP contribution is -2.47. The van der Waals surface area contributed by atoms with E-state index >= 15 is 0 Å². The zero-order valence-electron chi connectivity index (χ0n) is 13.3. The number of thioether (sulfide) groups is 1. The molecule has 1 saturated carbocycles. The van der Waals surface area contributed by atoms with E-state index in [1.54, 1.807) is 0 Å². The summed E-state index contributed by atoms with van der Waals surface area (Å²) in [5.74, 6) is 2.24. The molecule has 2 aliphatic rings. The third kappa shape index (κ3) is 5.57. The molecule has 1 aliphatic heterocycles. The van der Waals surface area contributed by atoms with Gasteiger partial charge in [-0.3, -0.25) is 0 Å². The normalized spacial score (nSPS) is 30.8. The van der Waals surface area contributed by atoms with Crippen LogP contribution < -0.4 is 10.6 Å². The van der Waals surface area contributed by atoms with E-state index in [9.17, 15) is 0 Å². The van der Waals surface area contributed by atoms with Crippen molar-refractivity contribution < 1.29 is 0 Å². The van der Waals surface area contributed by atoms with Crippen LogP contribution in [0.4, 0.5) is 0 Å². The predicted molar refractivity (Wildman–Crippen MR) is 91.6 cm³/mol. The van der Waals surface area contributed by atoms with Crippen molar-refractivity contribution in [3.63, 3.8) is 0 Å². The zero-order chi connectivity index (χ0) is 14.0. The summed E-state index contributed by atoms with van der Waals surface area (Å²) in [6.45, 7) is 2.50. The highest BCUT2D eigenvalue weighted by atomic mass is 32.2. The van der Waals surface area contributed by atoms with Crippen molar-refractivity contribution in [3.8, 4) is 0 Å². The molecule has 0 aromatic carbocycles. The molecule has 2 nitrogen and oxygen atoms in total. The van der Waals surface area contributed by atoms with Gasteiger partial charge in [-0.2, -0.15) is 11.8 Å². The fourth-order valence-corrected chi connectivity index (χ4v) is 4.48. The van der Waals surface area contributed by atoms with Crippen LogP contribution in [0.2, 0.25) is 0 Å². The van der Waals surface area contributed by atoms with E-state index in [-0.39, 0.29) is 0 Å². The molecular weight excluding hydrogens is 264 g/mol. The van der Waals surface area contributed by atoms with Crippen LogP contribution in [0.1, 0.15) is 64.2 Å². The summed E-state index contributed by atoms with van der Waals surface area (Å²) in [6, 6.07) is 1.61. The van der Waals surface area contributed by atoms with Crippen LogP contribution in [-0.2, 0) is 0 Å². The molecule has 2 fully saturated rings. The Hall–Kier alpha value is 0.270. The monoisotopic (exact) mass is 298 g/mol. The minimum absolute atomic E-state index is 0.797. The molecule has 0 radical (unpaired) electrons. The standard InChI is InChI=1S/C17H34N2S/c1-20-14-7-3-2-6-12-18-16-10-5-4-9-15(16)17-11-8-13-19-17/h15-19H,2-14H2,1H3. The summed E-state index contributed by atoms with van der Waals surface area (Å²) in [5.41, 5.74) is 0. The van der Waals surface area contributed by atoms with Gasteiger partial charge in [-0.25, -0.2) is 0 Å².